The summed E-state index contributed by atoms with van der Waals surface area (Å²) < 4.78 is 28.6. The average molecular weight is 375 g/mol. The largest absolute Gasteiger partial charge is 0.331 e. The van der Waals surface area contributed by atoms with Gasteiger partial charge in [0, 0.05) is 18.2 Å². The molecule has 2 aromatic rings. The molecular formula is C20H26N2O3S. The number of anilines is 1. The van der Waals surface area contributed by atoms with Gasteiger partial charge in [-0.15, -0.1) is 0 Å². The predicted octanol–water partition coefficient (Wildman–Crippen LogP) is 4.00. The number of nitrogens with one attached hydrogen (secondary N) is 1. The zero-order valence-electron chi connectivity index (χ0n) is 15.8. The van der Waals surface area contributed by atoms with Gasteiger partial charge in [-0.1, -0.05) is 24.6 Å². The van der Waals surface area contributed by atoms with Crippen LogP contribution < -0.4 is 5.32 Å². The fraction of sp³-hybridized carbons (Fsp3) is 0.450. The van der Waals surface area contributed by atoms with Crippen molar-refractivity contribution in [1.82, 2.24) is 4.57 Å². The molecule has 1 amide bonds. The molecule has 140 valence electrons. The van der Waals surface area contributed by atoms with Crippen molar-refractivity contribution >= 4 is 21.6 Å². The molecule has 1 aliphatic rings. The second-order valence-corrected chi connectivity index (χ2v) is 9.01. The van der Waals surface area contributed by atoms with E-state index >= 15 is 0 Å². The maximum Gasteiger partial charge on any atom is 0.228 e. The van der Waals surface area contributed by atoms with Crippen molar-refractivity contribution in [3.05, 3.63) is 41.1 Å². The number of aromatic nitrogens is 1. The van der Waals surface area contributed by atoms with Crippen molar-refractivity contribution < 1.29 is 13.2 Å². The minimum atomic E-state index is -3.72. The number of hydrogen-bond acceptors (Lipinski definition) is 3. The van der Waals surface area contributed by atoms with Crippen LogP contribution in [0.3, 0.4) is 0 Å². The Balaban J connectivity index is 2.16. The van der Waals surface area contributed by atoms with Crippen LogP contribution in [0.15, 0.2) is 34.1 Å². The van der Waals surface area contributed by atoms with Crippen LogP contribution in [0, 0.1) is 26.7 Å². The van der Waals surface area contributed by atoms with Crippen molar-refractivity contribution in [2.45, 2.75) is 63.3 Å². The van der Waals surface area contributed by atoms with Gasteiger partial charge in [-0.05, 0) is 57.7 Å². The van der Waals surface area contributed by atoms with E-state index in [2.05, 4.69) is 5.32 Å². The number of nitrogens with zero attached hydrogens (tertiary/aromatic N) is 1. The van der Waals surface area contributed by atoms with Crippen LogP contribution >= 0.6 is 0 Å². The fourth-order valence-electron chi connectivity index (χ4n) is 3.19. The number of sulfone groups is 1. The number of carbonyl (C=O) groups is 1. The van der Waals surface area contributed by atoms with E-state index in [0.29, 0.717) is 17.9 Å². The summed E-state index contributed by atoms with van der Waals surface area (Å²) in [6.45, 7) is 8.35. The summed E-state index contributed by atoms with van der Waals surface area (Å²) in [6, 6.07) is 6.84. The summed E-state index contributed by atoms with van der Waals surface area (Å²) >= 11 is 0. The Bertz CT molecular complexity index is 936. The Kier molecular flexibility index (Phi) is 4.97. The van der Waals surface area contributed by atoms with E-state index in [1.54, 1.807) is 24.3 Å². The molecule has 1 aromatic heterocycles. The lowest BCUT2D eigenvalue weighted by atomic mass is 10.2. The molecule has 1 fully saturated rings. The van der Waals surface area contributed by atoms with Gasteiger partial charge in [0.15, 0.2) is 0 Å². The Morgan fingerprint density at radius 1 is 1.15 bits per heavy atom. The van der Waals surface area contributed by atoms with Crippen molar-refractivity contribution in [3.63, 3.8) is 0 Å². The third-order valence-electron chi connectivity index (χ3n) is 5.01. The van der Waals surface area contributed by atoms with Crippen LogP contribution in [0.25, 0.3) is 0 Å². The number of hydrogen-bond donors (Lipinski definition) is 1. The summed E-state index contributed by atoms with van der Waals surface area (Å²) in [4.78, 5) is 12.9. The van der Waals surface area contributed by atoms with Crippen LogP contribution in [0.5, 0.6) is 0 Å². The molecule has 6 heteroatoms. The zero-order valence-corrected chi connectivity index (χ0v) is 16.6. The summed E-state index contributed by atoms with van der Waals surface area (Å²) in [5, 5.41) is 2.92. The number of aryl methyl sites for hydroxylation is 1. The quantitative estimate of drug-likeness (QED) is 0.831. The molecule has 0 atom stereocenters. The van der Waals surface area contributed by atoms with E-state index in [-0.39, 0.29) is 21.6 Å². The van der Waals surface area contributed by atoms with E-state index in [9.17, 15) is 13.2 Å². The SMILES string of the molecule is CCCn1c(C)c(C)c(S(=O)(=O)c2ccc(C)cc2)c1NC(=O)C1CC1. The molecule has 0 saturated heterocycles. The van der Waals surface area contributed by atoms with Gasteiger partial charge < -0.3 is 9.88 Å². The molecule has 0 radical (unpaired) electrons. The lowest BCUT2D eigenvalue weighted by molar-refractivity contribution is -0.117. The molecule has 5 nitrogen and oxygen atoms in total. The lowest BCUT2D eigenvalue weighted by Gasteiger charge is -2.14. The second-order valence-electron chi connectivity index (χ2n) is 7.12. The van der Waals surface area contributed by atoms with Crippen molar-refractivity contribution in [1.29, 1.82) is 0 Å². The minimum absolute atomic E-state index is 0.00974. The molecule has 1 heterocycles. The van der Waals surface area contributed by atoms with Crippen molar-refractivity contribution in [3.8, 4) is 0 Å². The van der Waals surface area contributed by atoms with Gasteiger partial charge in [0.2, 0.25) is 15.7 Å². The molecule has 0 spiro atoms. The zero-order chi connectivity index (χ0) is 19.1. The standard InChI is InChI=1S/C20H26N2O3S/c1-5-12-22-15(4)14(3)18(19(22)21-20(23)16-8-9-16)26(24,25)17-10-6-13(2)7-11-17/h6-7,10-11,16H,5,8-9,12H2,1-4H3,(H,21,23). The van der Waals surface area contributed by atoms with Crippen molar-refractivity contribution in [2.75, 3.05) is 5.32 Å². The summed E-state index contributed by atoms with van der Waals surface area (Å²) in [6.07, 6.45) is 2.60. The molecule has 0 bridgehead atoms. The van der Waals surface area contributed by atoms with Crippen LogP contribution in [-0.2, 0) is 21.2 Å². The number of rotatable bonds is 6. The number of amides is 1. The van der Waals surface area contributed by atoms with Crippen molar-refractivity contribution in [2.24, 2.45) is 5.92 Å². The van der Waals surface area contributed by atoms with E-state index in [4.69, 9.17) is 0 Å². The first-order chi connectivity index (χ1) is 12.3. The van der Waals surface area contributed by atoms with Gasteiger partial charge in [-0.2, -0.15) is 0 Å². The van der Waals surface area contributed by atoms with Crippen LogP contribution in [-0.4, -0.2) is 18.9 Å². The van der Waals surface area contributed by atoms with Crippen LogP contribution in [0.1, 0.15) is 43.0 Å². The fourth-order valence-corrected chi connectivity index (χ4v) is 4.89. The first kappa shape index (κ1) is 18.7. The monoisotopic (exact) mass is 374 g/mol. The highest BCUT2D eigenvalue weighted by molar-refractivity contribution is 7.91. The van der Waals surface area contributed by atoms with E-state index in [1.165, 1.54) is 0 Å². The Morgan fingerprint density at radius 2 is 1.77 bits per heavy atom. The highest BCUT2D eigenvalue weighted by Crippen LogP contribution is 2.37. The molecule has 0 unspecified atom stereocenters. The number of benzene rings is 1. The van der Waals surface area contributed by atoms with Gasteiger partial charge in [0.05, 0.1) is 4.90 Å². The maximum absolute atomic E-state index is 13.4. The first-order valence-electron chi connectivity index (χ1n) is 9.09. The van der Waals surface area contributed by atoms with Gasteiger partial charge in [-0.3, -0.25) is 4.79 Å². The van der Waals surface area contributed by atoms with Gasteiger partial charge >= 0.3 is 0 Å². The molecular weight excluding hydrogens is 348 g/mol. The predicted molar refractivity (Wildman–Crippen MR) is 102 cm³/mol. The highest BCUT2D eigenvalue weighted by atomic mass is 32.2. The maximum atomic E-state index is 13.4. The molecule has 26 heavy (non-hydrogen) atoms. The van der Waals surface area contributed by atoms with Gasteiger partial charge in [0.1, 0.15) is 10.7 Å². The number of carbonyl (C=O) groups excluding carboxylic acids is 1. The third kappa shape index (κ3) is 3.30. The Labute approximate surface area is 155 Å². The highest BCUT2D eigenvalue weighted by Gasteiger charge is 2.34. The molecule has 1 aromatic carbocycles. The normalized spacial score (nSPS) is 14.5. The third-order valence-corrected chi connectivity index (χ3v) is 6.94. The lowest BCUT2D eigenvalue weighted by Crippen LogP contribution is -2.19. The smallest absolute Gasteiger partial charge is 0.228 e. The van der Waals surface area contributed by atoms with Gasteiger partial charge in [-0.25, -0.2) is 8.42 Å². The summed E-state index contributed by atoms with van der Waals surface area (Å²) in [5.41, 5.74) is 2.58. The summed E-state index contributed by atoms with van der Waals surface area (Å²) in [7, 11) is -3.72. The van der Waals surface area contributed by atoms with Crippen LogP contribution in [0.2, 0.25) is 0 Å². The molecule has 1 aliphatic carbocycles. The van der Waals surface area contributed by atoms with E-state index < -0.39 is 9.84 Å². The second kappa shape index (κ2) is 6.91. The molecule has 1 saturated carbocycles. The Hall–Kier alpha value is -2.08. The van der Waals surface area contributed by atoms with E-state index in [0.717, 1.165) is 30.5 Å². The topological polar surface area (TPSA) is 68.2 Å². The molecule has 3 rings (SSSR count). The Morgan fingerprint density at radius 3 is 2.31 bits per heavy atom. The first-order valence-corrected chi connectivity index (χ1v) is 10.6. The average Bonchev–Trinajstić information content (AvgIpc) is 3.40. The van der Waals surface area contributed by atoms with Crippen LogP contribution in [0.4, 0.5) is 5.82 Å². The minimum Gasteiger partial charge on any atom is -0.331 e. The molecule has 0 aliphatic heterocycles. The molecule has 1 N–H and O–H groups in total. The van der Waals surface area contributed by atoms with E-state index in [1.807, 2.05) is 32.3 Å². The van der Waals surface area contributed by atoms with Gasteiger partial charge in [0.25, 0.3) is 0 Å². The summed E-state index contributed by atoms with van der Waals surface area (Å²) in [5.74, 6) is 0.343.